The molecule has 2 aliphatic rings. The van der Waals surface area contributed by atoms with Crippen LogP contribution in [0.3, 0.4) is 0 Å². The van der Waals surface area contributed by atoms with E-state index in [1.165, 1.54) is 12.8 Å². The van der Waals surface area contributed by atoms with Gasteiger partial charge in [-0.05, 0) is 37.8 Å². The summed E-state index contributed by atoms with van der Waals surface area (Å²) in [5, 5.41) is 17.4. The van der Waals surface area contributed by atoms with E-state index in [2.05, 4.69) is 30.7 Å². The van der Waals surface area contributed by atoms with Crippen LogP contribution in [0.5, 0.6) is 0 Å². The molecule has 2 aromatic rings. The molecule has 0 unspecified atom stereocenters. The maximum absolute atomic E-state index is 8.85. The van der Waals surface area contributed by atoms with Gasteiger partial charge in [-0.15, -0.1) is 10.2 Å². The van der Waals surface area contributed by atoms with E-state index >= 15 is 0 Å². The molecule has 6 heteroatoms. The Morgan fingerprint density at radius 1 is 1.23 bits per heavy atom. The first-order chi connectivity index (χ1) is 10.8. The number of hydrogen-bond acceptors (Lipinski definition) is 5. The van der Waals surface area contributed by atoms with E-state index in [0.717, 1.165) is 37.4 Å². The summed E-state index contributed by atoms with van der Waals surface area (Å²) in [7, 11) is 0. The minimum Gasteiger partial charge on any atom is -0.370 e. The predicted molar refractivity (Wildman–Crippen MR) is 81.4 cm³/mol. The minimum atomic E-state index is 0.424. The lowest BCUT2D eigenvalue weighted by atomic mass is 9.96. The smallest absolute Gasteiger partial charge is 0.140 e. The average molecular weight is 294 g/mol. The zero-order valence-corrected chi connectivity index (χ0v) is 12.4. The molecule has 0 radical (unpaired) electrons. The highest BCUT2D eigenvalue weighted by atomic mass is 15.3. The largest absolute Gasteiger partial charge is 0.370 e. The summed E-state index contributed by atoms with van der Waals surface area (Å²) in [5.41, 5.74) is 1.55. The average Bonchev–Trinajstić information content (AvgIpc) is 3.32. The normalized spacial score (nSPS) is 21.6. The molecule has 0 amide bonds. The van der Waals surface area contributed by atoms with Gasteiger partial charge in [0.05, 0.1) is 11.9 Å². The predicted octanol–water partition coefficient (Wildman–Crippen LogP) is 2.26. The van der Waals surface area contributed by atoms with Crippen LogP contribution in [0.15, 0.2) is 24.7 Å². The van der Waals surface area contributed by atoms with Crippen LogP contribution >= 0.6 is 0 Å². The van der Waals surface area contributed by atoms with Crippen LogP contribution in [0.1, 0.15) is 49.2 Å². The van der Waals surface area contributed by atoms with Crippen LogP contribution in [0.2, 0.25) is 0 Å². The number of anilines is 1. The molecule has 4 rings (SSSR count). The molecule has 6 nitrogen and oxygen atoms in total. The summed E-state index contributed by atoms with van der Waals surface area (Å²) >= 11 is 0. The molecule has 3 heterocycles. The fourth-order valence-corrected chi connectivity index (χ4v) is 3.24. The Morgan fingerprint density at radius 3 is 2.86 bits per heavy atom. The second-order valence-corrected chi connectivity index (χ2v) is 6.13. The van der Waals surface area contributed by atoms with Crippen LogP contribution in [-0.4, -0.2) is 32.8 Å². The molecule has 1 saturated carbocycles. The van der Waals surface area contributed by atoms with Crippen molar-refractivity contribution >= 4 is 5.69 Å². The highest BCUT2D eigenvalue weighted by Gasteiger charge is 2.31. The van der Waals surface area contributed by atoms with Crippen LogP contribution < -0.4 is 4.90 Å². The van der Waals surface area contributed by atoms with E-state index in [-0.39, 0.29) is 0 Å². The van der Waals surface area contributed by atoms with Gasteiger partial charge in [-0.2, -0.15) is 5.26 Å². The Bertz CT molecular complexity index is 694. The Morgan fingerprint density at radius 2 is 2.14 bits per heavy atom. The monoisotopic (exact) mass is 294 g/mol. The molecule has 112 valence electrons. The van der Waals surface area contributed by atoms with Gasteiger partial charge in [-0.1, -0.05) is 0 Å². The maximum Gasteiger partial charge on any atom is 0.140 e. The van der Waals surface area contributed by atoms with Crippen LogP contribution in [0.4, 0.5) is 5.69 Å². The van der Waals surface area contributed by atoms with E-state index in [1.54, 1.807) is 12.3 Å². The third-order valence-electron chi connectivity index (χ3n) is 4.56. The third kappa shape index (κ3) is 2.43. The Kier molecular flexibility index (Phi) is 3.26. The number of hydrogen-bond donors (Lipinski definition) is 0. The van der Waals surface area contributed by atoms with Gasteiger partial charge >= 0.3 is 0 Å². The van der Waals surface area contributed by atoms with Gasteiger partial charge in [-0.25, -0.2) is 4.98 Å². The van der Waals surface area contributed by atoms with Gasteiger partial charge in [0.15, 0.2) is 0 Å². The van der Waals surface area contributed by atoms with Crippen molar-refractivity contribution in [1.82, 2.24) is 19.7 Å². The van der Waals surface area contributed by atoms with Crippen LogP contribution in [0, 0.1) is 11.3 Å². The van der Waals surface area contributed by atoms with E-state index in [1.807, 2.05) is 12.4 Å². The summed E-state index contributed by atoms with van der Waals surface area (Å²) in [6.07, 6.45) is 8.48. The fraction of sp³-hybridized carbons (Fsp3) is 0.500. The van der Waals surface area contributed by atoms with Crippen molar-refractivity contribution in [1.29, 1.82) is 5.26 Å². The number of piperidine rings is 1. The highest BCUT2D eigenvalue weighted by molar-refractivity contribution is 5.46. The van der Waals surface area contributed by atoms with Crippen molar-refractivity contribution in [3.8, 4) is 6.07 Å². The molecular weight excluding hydrogens is 276 g/mol. The molecule has 1 saturated heterocycles. The Hall–Kier alpha value is -2.42. The zero-order chi connectivity index (χ0) is 14.9. The first kappa shape index (κ1) is 13.3. The lowest BCUT2D eigenvalue weighted by Gasteiger charge is -2.33. The molecule has 2 aromatic heterocycles. The lowest BCUT2D eigenvalue weighted by molar-refractivity contribution is 0.471. The fourth-order valence-electron chi connectivity index (χ4n) is 3.24. The quantitative estimate of drug-likeness (QED) is 0.868. The molecule has 0 N–H and O–H groups in total. The number of pyridine rings is 1. The third-order valence-corrected chi connectivity index (χ3v) is 4.56. The van der Waals surface area contributed by atoms with Gasteiger partial charge < -0.3 is 9.47 Å². The summed E-state index contributed by atoms with van der Waals surface area (Å²) in [6, 6.07) is 6.46. The van der Waals surface area contributed by atoms with Gasteiger partial charge in [0.25, 0.3) is 0 Å². The van der Waals surface area contributed by atoms with Gasteiger partial charge in [-0.3, -0.25) is 0 Å². The van der Waals surface area contributed by atoms with Gasteiger partial charge in [0.1, 0.15) is 23.9 Å². The van der Waals surface area contributed by atoms with Crippen molar-refractivity contribution in [3.05, 3.63) is 36.2 Å². The van der Waals surface area contributed by atoms with Crippen molar-refractivity contribution in [2.24, 2.45) is 0 Å². The molecule has 1 aliphatic carbocycles. The first-order valence-electron chi connectivity index (χ1n) is 7.85. The number of nitrogens with zero attached hydrogens (tertiary/aromatic N) is 6. The first-order valence-corrected chi connectivity index (χ1v) is 7.85. The Labute approximate surface area is 129 Å². The standard InChI is InChI=1S/C16H18N6/c17-8-13-3-4-15(9-18-13)21-7-1-2-12(10-21)16-20-19-11-22(16)14-5-6-14/h3-4,9,11-12,14H,1-2,5-7,10H2/t12-/m1/s1. The van der Waals surface area contributed by atoms with Crippen molar-refractivity contribution < 1.29 is 0 Å². The van der Waals surface area contributed by atoms with Crippen molar-refractivity contribution in [3.63, 3.8) is 0 Å². The van der Waals surface area contributed by atoms with E-state index in [9.17, 15) is 0 Å². The van der Waals surface area contributed by atoms with Crippen molar-refractivity contribution in [2.45, 2.75) is 37.6 Å². The molecule has 1 atom stereocenters. The molecular formula is C16H18N6. The van der Waals surface area contributed by atoms with Gasteiger partial charge in [0, 0.05) is 25.0 Å². The molecule has 1 aliphatic heterocycles. The number of aromatic nitrogens is 4. The Balaban J connectivity index is 1.53. The number of rotatable bonds is 3. The molecule has 0 aromatic carbocycles. The minimum absolute atomic E-state index is 0.424. The van der Waals surface area contributed by atoms with Gasteiger partial charge in [0.2, 0.25) is 0 Å². The second-order valence-electron chi connectivity index (χ2n) is 6.13. The SMILES string of the molecule is N#Cc1ccc(N2CCC[C@@H](c3nncn3C3CC3)C2)cn1. The summed E-state index contributed by atoms with van der Waals surface area (Å²) in [6.45, 7) is 1.97. The lowest BCUT2D eigenvalue weighted by Crippen LogP contribution is -2.35. The molecule has 0 spiro atoms. The van der Waals surface area contributed by atoms with E-state index < -0.39 is 0 Å². The van der Waals surface area contributed by atoms with E-state index in [4.69, 9.17) is 5.26 Å². The summed E-state index contributed by atoms with van der Waals surface area (Å²) in [4.78, 5) is 6.52. The van der Waals surface area contributed by atoms with Crippen LogP contribution in [-0.2, 0) is 0 Å². The number of nitriles is 1. The van der Waals surface area contributed by atoms with Crippen molar-refractivity contribution in [2.75, 3.05) is 18.0 Å². The summed E-state index contributed by atoms with van der Waals surface area (Å²) in [5.74, 6) is 1.56. The topological polar surface area (TPSA) is 70.6 Å². The van der Waals surface area contributed by atoms with E-state index in [0.29, 0.717) is 17.7 Å². The second kappa shape index (κ2) is 5.41. The summed E-state index contributed by atoms with van der Waals surface area (Å²) < 4.78 is 2.27. The molecule has 22 heavy (non-hydrogen) atoms. The molecule has 2 fully saturated rings. The maximum atomic E-state index is 8.85. The zero-order valence-electron chi connectivity index (χ0n) is 12.4. The molecule has 0 bridgehead atoms. The highest BCUT2D eigenvalue weighted by Crippen LogP contribution is 2.38. The van der Waals surface area contributed by atoms with Crippen LogP contribution in [0.25, 0.3) is 0 Å².